The van der Waals surface area contributed by atoms with Gasteiger partial charge in [0.25, 0.3) is 0 Å². The molecule has 4 atom stereocenters. The van der Waals surface area contributed by atoms with Crippen LogP contribution in [0.2, 0.25) is 0 Å². The molecule has 0 aromatic carbocycles. The van der Waals surface area contributed by atoms with Crippen LogP contribution in [0.1, 0.15) is 66.2 Å². The van der Waals surface area contributed by atoms with Crippen LogP contribution in [0.5, 0.6) is 0 Å². The highest BCUT2D eigenvalue weighted by molar-refractivity contribution is 4.89. The zero-order valence-corrected chi connectivity index (χ0v) is 10.6. The molecule has 1 rings (SSSR count). The summed E-state index contributed by atoms with van der Waals surface area (Å²) in [6.45, 7) is 9.50. The SMILES string of the molecule is CCCCC1CC1C(C)CC(C)CC. The lowest BCUT2D eigenvalue weighted by molar-refractivity contribution is 0.354. The van der Waals surface area contributed by atoms with E-state index in [0.29, 0.717) is 0 Å². The molecule has 0 heterocycles. The van der Waals surface area contributed by atoms with Crippen molar-refractivity contribution in [3.8, 4) is 0 Å². The van der Waals surface area contributed by atoms with E-state index in [1.54, 1.807) is 0 Å². The first-order valence-corrected chi connectivity index (χ1v) is 6.69. The Morgan fingerprint density at radius 1 is 1.21 bits per heavy atom. The molecule has 14 heavy (non-hydrogen) atoms. The van der Waals surface area contributed by atoms with Gasteiger partial charge >= 0.3 is 0 Å². The monoisotopic (exact) mass is 196 g/mol. The largest absolute Gasteiger partial charge is 0.0654 e. The molecule has 4 unspecified atom stereocenters. The molecule has 0 bridgehead atoms. The molecule has 1 aliphatic rings. The molecular formula is C14H28. The first-order chi connectivity index (χ1) is 6.69. The average molecular weight is 196 g/mol. The van der Waals surface area contributed by atoms with E-state index in [9.17, 15) is 0 Å². The third kappa shape index (κ3) is 3.63. The van der Waals surface area contributed by atoms with Gasteiger partial charge in [0.15, 0.2) is 0 Å². The molecule has 1 aliphatic carbocycles. The molecule has 0 nitrogen and oxygen atoms in total. The Kier molecular flexibility index (Phi) is 4.98. The van der Waals surface area contributed by atoms with Crippen molar-refractivity contribution < 1.29 is 0 Å². The van der Waals surface area contributed by atoms with E-state index in [1.165, 1.54) is 38.5 Å². The summed E-state index contributed by atoms with van der Waals surface area (Å²) in [4.78, 5) is 0. The quantitative estimate of drug-likeness (QED) is 0.544. The Morgan fingerprint density at radius 3 is 2.50 bits per heavy atom. The summed E-state index contributed by atoms with van der Waals surface area (Å²) in [7, 11) is 0. The summed E-state index contributed by atoms with van der Waals surface area (Å²) >= 11 is 0. The van der Waals surface area contributed by atoms with Crippen molar-refractivity contribution in [1.82, 2.24) is 0 Å². The van der Waals surface area contributed by atoms with Gasteiger partial charge in [-0.3, -0.25) is 0 Å². The molecule has 0 spiro atoms. The number of hydrogen-bond acceptors (Lipinski definition) is 0. The summed E-state index contributed by atoms with van der Waals surface area (Å²) in [5.74, 6) is 4.13. The van der Waals surface area contributed by atoms with Gasteiger partial charge in [-0.1, -0.05) is 53.4 Å². The van der Waals surface area contributed by atoms with Crippen molar-refractivity contribution in [1.29, 1.82) is 0 Å². The molecular weight excluding hydrogens is 168 g/mol. The van der Waals surface area contributed by atoms with E-state index in [0.717, 1.165) is 23.7 Å². The molecule has 0 radical (unpaired) electrons. The molecule has 0 N–H and O–H groups in total. The van der Waals surface area contributed by atoms with Gasteiger partial charge in [-0.25, -0.2) is 0 Å². The molecule has 0 aromatic rings. The average Bonchev–Trinajstić information content (AvgIpc) is 2.93. The van der Waals surface area contributed by atoms with Gasteiger partial charge in [0.2, 0.25) is 0 Å². The maximum absolute atomic E-state index is 2.47. The van der Waals surface area contributed by atoms with Crippen LogP contribution in [0.3, 0.4) is 0 Å². The predicted octanol–water partition coefficient (Wildman–Crippen LogP) is 4.89. The minimum absolute atomic E-state index is 0.942. The van der Waals surface area contributed by atoms with Crippen LogP contribution in [0.25, 0.3) is 0 Å². The normalized spacial score (nSPS) is 30.0. The minimum atomic E-state index is 0.942. The standard InChI is InChI=1S/C14H28/c1-5-7-8-13-10-14(13)12(4)9-11(3)6-2/h11-14H,5-10H2,1-4H3. The van der Waals surface area contributed by atoms with Gasteiger partial charge < -0.3 is 0 Å². The molecule has 1 saturated carbocycles. The van der Waals surface area contributed by atoms with Crippen LogP contribution in [0.4, 0.5) is 0 Å². The van der Waals surface area contributed by atoms with Crippen molar-refractivity contribution >= 4 is 0 Å². The van der Waals surface area contributed by atoms with Gasteiger partial charge in [-0.05, 0) is 36.5 Å². The van der Waals surface area contributed by atoms with Crippen molar-refractivity contribution in [2.24, 2.45) is 23.7 Å². The van der Waals surface area contributed by atoms with Crippen molar-refractivity contribution in [3.63, 3.8) is 0 Å². The Labute approximate surface area is 90.5 Å². The molecule has 0 aliphatic heterocycles. The third-order valence-corrected chi connectivity index (χ3v) is 4.11. The fraction of sp³-hybridized carbons (Fsp3) is 1.00. The van der Waals surface area contributed by atoms with Gasteiger partial charge in [-0.15, -0.1) is 0 Å². The van der Waals surface area contributed by atoms with Crippen LogP contribution in [-0.4, -0.2) is 0 Å². The molecule has 0 amide bonds. The number of hydrogen-bond donors (Lipinski definition) is 0. The Hall–Kier alpha value is 0. The van der Waals surface area contributed by atoms with Crippen LogP contribution in [0.15, 0.2) is 0 Å². The van der Waals surface area contributed by atoms with Gasteiger partial charge in [0.05, 0.1) is 0 Å². The molecule has 0 saturated heterocycles. The van der Waals surface area contributed by atoms with Crippen LogP contribution >= 0.6 is 0 Å². The first kappa shape index (κ1) is 12.1. The zero-order chi connectivity index (χ0) is 10.6. The van der Waals surface area contributed by atoms with Crippen LogP contribution in [-0.2, 0) is 0 Å². The van der Waals surface area contributed by atoms with Crippen LogP contribution in [0, 0.1) is 23.7 Å². The fourth-order valence-corrected chi connectivity index (χ4v) is 2.74. The maximum Gasteiger partial charge on any atom is -0.0357 e. The summed E-state index contributed by atoms with van der Waals surface area (Å²) < 4.78 is 0. The summed E-state index contributed by atoms with van der Waals surface area (Å²) in [5, 5.41) is 0. The van der Waals surface area contributed by atoms with E-state index in [4.69, 9.17) is 0 Å². The van der Waals surface area contributed by atoms with Gasteiger partial charge in [-0.2, -0.15) is 0 Å². The number of unbranched alkanes of at least 4 members (excludes halogenated alkanes) is 1. The maximum atomic E-state index is 2.47. The first-order valence-electron chi connectivity index (χ1n) is 6.69. The highest BCUT2D eigenvalue weighted by atomic mass is 14.4. The van der Waals surface area contributed by atoms with E-state index < -0.39 is 0 Å². The summed E-state index contributed by atoms with van der Waals surface area (Å²) in [6, 6.07) is 0. The highest BCUT2D eigenvalue weighted by Gasteiger charge is 2.39. The van der Waals surface area contributed by atoms with Gasteiger partial charge in [0.1, 0.15) is 0 Å². The van der Waals surface area contributed by atoms with E-state index in [-0.39, 0.29) is 0 Å². The minimum Gasteiger partial charge on any atom is -0.0654 e. The molecule has 0 aromatic heterocycles. The Bertz CT molecular complexity index is 150. The van der Waals surface area contributed by atoms with E-state index >= 15 is 0 Å². The van der Waals surface area contributed by atoms with Crippen molar-refractivity contribution in [2.75, 3.05) is 0 Å². The van der Waals surface area contributed by atoms with E-state index in [1.807, 2.05) is 0 Å². The second-order valence-electron chi connectivity index (χ2n) is 5.53. The second-order valence-corrected chi connectivity index (χ2v) is 5.53. The van der Waals surface area contributed by atoms with Crippen molar-refractivity contribution in [2.45, 2.75) is 66.2 Å². The Balaban J connectivity index is 2.12. The van der Waals surface area contributed by atoms with Crippen LogP contribution < -0.4 is 0 Å². The molecule has 0 heteroatoms. The second kappa shape index (κ2) is 5.78. The topological polar surface area (TPSA) is 0 Å². The lowest BCUT2D eigenvalue weighted by Crippen LogP contribution is -2.05. The lowest BCUT2D eigenvalue weighted by atomic mass is 9.90. The van der Waals surface area contributed by atoms with E-state index in [2.05, 4.69) is 27.7 Å². The highest BCUT2D eigenvalue weighted by Crippen LogP contribution is 2.49. The third-order valence-electron chi connectivity index (χ3n) is 4.11. The zero-order valence-electron chi connectivity index (χ0n) is 10.6. The fourth-order valence-electron chi connectivity index (χ4n) is 2.74. The summed E-state index contributed by atoms with van der Waals surface area (Å²) in [5.41, 5.74) is 0. The smallest absolute Gasteiger partial charge is 0.0357 e. The number of rotatable bonds is 7. The summed E-state index contributed by atoms with van der Waals surface area (Å²) in [6.07, 6.45) is 8.70. The lowest BCUT2D eigenvalue weighted by Gasteiger charge is -2.15. The van der Waals surface area contributed by atoms with Crippen molar-refractivity contribution in [3.05, 3.63) is 0 Å². The molecule has 1 fully saturated rings. The predicted molar refractivity (Wildman–Crippen MR) is 64.4 cm³/mol. The van der Waals surface area contributed by atoms with Gasteiger partial charge in [0, 0.05) is 0 Å². The Morgan fingerprint density at radius 2 is 1.93 bits per heavy atom. The molecule has 84 valence electrons.